The lowest BCUT2D eigenvalue weighted by molar-refractivity contribution is 0.102. The van der Waals surface area contributed by atoms with E-state index in [1.54, 1.807) is 36.0 Å². The zero-order valence-corrected chi connectivity index (χ0v) is 14.7. The van der Waals surface area contributed by atoms with Crippen molar-refractivity contribution in [2.24, 2.45) is 7.05 Å². The Morgan fingerprint density at radius 3 is 2.46 bits per heavy atom. The lowest BCUT2D eigenvalue weighted by Crippen LogP contribution is -2.12. The summed E-state index contributed by atoms with van der Waals surface area (Å²) in [6.07, 6.45) is 1.96. The molecule has 2 aromatic carbocycles. The summed E-state index contributed by atoms with van der Waals surface area (Å²) in [5, 5.41) is 12.4. The third-order valence-electron chi connectivity index (χ3n) is 3.54. The van der Waals surface area contributed by atoms with Gasteiger partial charge in [-0.1, -0.05) is 35.5 Å². The molecule has 0 fully saturated rings. The number of carbonyl (C=O) groups excluding carboxylic acids is 1. The Kier molecular flexibility index (Phi) is 4.87. The fraction of sp³-hybridized carbons (Fsp3) is 0.118. The van der Waals surface area contributed by atoms with Gasteiger partial charge in [0.05, 0.1) is 10.6 Å². The number of nitrogens with zero attached hydrogens (tertiary/aromatic N) is 3. The van der Waals surface area contributed by atoms with E-state index in [0.29, 0.717) is 16.3 Å². The fourth-order valence-corrected chi connectivity index (χ4v) is 2.99. The number of thioether (sulfide) groups is 1. The Hall–Kier alpha value is -2.31. The summed E-state index contributed by atoms with van der Waals surface area (Å²) in [6.45, 7) is 0. The molecule has 0 aliphatic heterocycles. The van der Waals surface area contributed by atoms with Gasteiger partial charge in [-0.15, -0.1) is 10.2 Å². The van der Waals surface area contributed by atoms with Gasteiger partial charge in [-0.3, -0.25) is 4.79 Å². The first-order valence-corrected chi connectivity index (χ1v) is 8.80. The number of amides is 1. The Morgan fingerprint density at radius 1 is 1.12 bits per heavy atom. The van der Waals surface area contributed by atoms with Gasteiger partial charge in [0, 0.05) is 18.3 Å². The van der Waals surface area contributed by atoms with Crippen LogP contribution in [-0.2, 0) is 7.05 Å². The Bertz CT molecular complexity index is 877. The van der Waals surface area contributed by atoms with Crippen LogP contribution in [0.2, 0.25) is 5.02 Å². The lowest BCUT2D eigenvalue weighted by Gasteiger charge is -2.08. The highest BCUT2D eigenvalue weighted by Gasteiger charge is 2.12. The summed E-state index contributed by atoms with van der Waals surface area (Å²) in [7, 11) is 1.92. The maximum Gasteiger partial charge on any atom is 0.257 e. The van der Waals surface area contributed by atoms with Gasteiger partial charge in [0.25, 0.3) is 5.91 Å². The average molecular weight is 359 g/mol. The number of halogens is 1. The first-order valence-electron chi connectivity index (χ1n) is 7.20. The van der Waals surface area contributed by atoms with Crippen molar-refractivity contribution in [3.05, 3.63) is 59.1 Å². The second-order valence-corrected chi connectivity index (χ2v) is 6.26. The van der Waals surface area contributed by atoms with Crippen LogP contribution in [0.4, 0.5) is 5.69 Å². The van der Waals surface area contributed by atoms with Crippen LogP contribution >= 0.6 is 23.4 Å². The van der Waals surface area contributed by atoms with Gasteiger partial charge in [0.1, 0.15) is 0 Å². The monoisotopic (exact) mass is 358 g/mol. The van der Waals surface area contributed by atoms with Crippen LogP contribution in [0, 0.1) is 0 Å². The molecule has 0 aliphatic rings. The first kappa shape index (κ1) is 16.5. The van der Waals surface area contributed by atoms with Crippen molar-refractivity contribution in [2.45, 2.75) is 5.16 Å². The number of anilines is 1. The van der Waals surface area contributed by atoms with Crippen LogP contribution in [0.5, 0.6) is 0 Å². The van der Waals surface area contributed by atoms with Gasteiger partial charge < -0.3 is 9.88 Å². The zero-order chi connectivity index (χ0) is 17.1. The fourth-order valence-electron chi connectivity index (χ4n) is 2.29. The van der Waals surface area contributed by atoms with E-state index in [1.165, 1.54) is 0 Å². The van der Waals surface area contributed by atoms with Crippen LogP contribution in [-0.4, -0.2) is 26.9 Å². The average Bonchev–Trinajstić information content (AvgIpc) is 2.96. The molecule has 0 saturated carbocycles. The van der Waals surface area contributed by atoms with Crippen molar-refractivity contribution in [1.82, 2.24) is 14.8 Å². The highest BCUT2D eigenvalue weighted by Crippen LogP contribution is 2.23. The highest BCUT2D eigenvalue weighted by molar-refractivity contribution is 7.98. The van der Waals surface area contributed by atoms with E-state index in [1.807, 2.05) is 42.1 Å². The minimum absolute atomic E-state index is 0.239. The third-order valence-corrected chi connectivity index (χ3v) is 4.59. The molecule has 0 unspecified atom stereocenters. The van der Waals surface area contributed by atoms with Crippen LogP contribution < -0.4 is 5.32 Å². The number of hydrogen-bond donors (Lipinski definition) is 1. The van der Waals surface area contributed by atoms with E-state index in [0.717, 1.165) is 16.5 Å². The van der Waals surface area contributed by atoms with Crippen LogP contribution in [0.15, 0.2) is 53.7 Å². The maximum atomic E-state index is 12.3. The van der Waals surface area contributed by atoms with E-state index in [2.05, 4.69) is 15.5 Å². The van der Waals surface area contributed by atoms with Crippen LogP contribution in [0.3, 0.4) is 0 Å². The molecule has 3 rings (SSSR count). The molecule has 3 aromatic rings. The van der Waals surface area contributed by atoms with Crippen molar-refractivity contribution < 1.29 is 4.79 Å². The van der Waals surface area contributed by atoms with Crippen molar-refractivity contribution in [2.75, 3.05) is 11.6 Å². The van der Waals surface area contributed by atoms with Gasteiger partial charge in [-0.25, -0.2) is 0 Å². The predicted molar refractivity (Wildman–Crippen MR) is 97.6 cm³/mol. The topological polar surface area (TPSA) is 59.8 Å². The third kappa shape index (κ3) is 3.29. The Balaban J connectivity index is 1.79. The van der Waals surface area contributed by atoms with Gasteiger partial charge in [-0.05, 0) is 42.7 Å². The maximum absolute atomic E-state index is 12.3. The molecule has 5 nitrogen and oxygen atoms in total. The Labute approximate surface area is 149 Å². The lowest BCUT2D eigenvalue weighted by atomic mass is 10.1. The van der Waals surface area contributed by atoms with Crippen molar-refractivity contribution in [1.29, 1.82) is 0 Å². The molecule has 0 bridgehead atoms. The number of hydrogen-bond acceptors (Lipinski definition) is 4. The molecule has 7 heteroatoms. The molecule has 0 saturated heterocycles. The van der Waals surface area contributed by atoms with Crippen LogP contribution in [0.1, 0.15) is 10.4 Å². The number of carbonyl (C=O) groups is 1. The van der Waals surface area contributed by atoms with Gasteiger partial charge in [-0.2, -0.15) is 0 Å². The number of benzene rings is 2. The van der Waals surface area contributed by atoms with E-state index in [4.69, 9.17) is 11.6 Å². The minimum atomic E-state index is -0.239. The second kappa shape index (κ2) is 7.07. The molecular formula is C17H15ClN4OS. The highest BCUT2D eigenvalue weighted by atomic mass is 35.5. The molecule has 1 amide bonds. The smallest absolute Gasteiger partial charge is 0.257 e. The standard InChI is InChI=1S/C17H15ClN4OS/c1-22-15(20-21-17(22)24-2)11-7-9-12(10-8-11)19-16(23)13-5-3-4-6-14(13)18/h3-10H,1-2H3,(H,19,23). The largest absolute Gasteiger partial charge is 0.322 e. The molecule has 1 N–H and O–H groups in total. The molecule has 1 heterocycles. The molecule has 0 spiro atoms. The van der Waals surface area contributed by atoms with Crippen molar-refractivity contribution >= 4 is 35.0 Å². The van der Waals surface area contributed by atoms with Crippen LogP contribution in [0.25, 0.3) is 11.4 Å². The van der Waals surface area contributed by atoms with Crippen molar-refractivity contribution in [3.8, 4) is 11.4 Å². The molecule has 1 aromatic heterocycles. The zero-order valence-electron chi connectivity index (χ0n) is 13.2. The first-order chi connectivity index (χ1) is 11.6. The summed E-state index contributed by atoms with van der Waals surface area (Å²) in [5.41, 5.74) is 2.07. The SMILES string of the molecule is CSc1nnc(-c2ccc(NC(=O)c3ccccc3Cl)cc2)n1C. The van der Waals surface area contributed by atoms with E-state index >= 15 is 0 Å². The second-order valence-electron chi connectivity index (χ2n) is 5.08. The number of aromatic nitrogens is 3. The molecule has 0 aliphatic carbocycles. The van der Waals surface area contributed by atoms with Crippen molar-refractivity contribution in [3.63, 3.8) is 0 Å². The Morgan fingerprint density at radius 2 is 1.83 bits per heavy atom. The van der Waals surface area contributed by atoms with Gasteiger partial charge in [0.2, 0.25) is 0 Å². The summed E-state index contributed by atoms with van der Waals surface area (Å²) in [6, 6.07) is 14.4. The number of rotatable bonds is 4. The minimum Gasteiger partial charge on any atom is -0.322 e. The summed E-state index contributed by atoms with van der Waals surface area (Å²) < 4.78 is 1.93. The number of nitrogens with one attached hydrogen (secondary N) is 1. The molecule has 0 atom stereocenters. The molecule has 122 valence electrons. The van der Waals surface area contributed by atoms with E-state index in [9.17, 15) is 4.79 Å². The molecule has 0 radical (unpaired) electrons. The summed E-state index contributed by atoms with van der Waals surface area (Å²) >= 11 is 7.58. The molecular weight excluding hydrogens is 344 g/mol. The summed E-state index contributed by atoms with van der Waals surface area (Å²) in [4.78, 5) is 12.3. The molecule has 24 heavy (non-hydrogen) atoms. The summed E-state index contributed by atoms with van der Waals surface area (Å²) in [5.74, 6) is 0.542. The van der Waals surface area contributed by atoms with E-state index < -0.39 is 0 Å². The van der Waals surface area contributed by atoms with E-state index in [-0.39, 0.29) is 5.91 Å². The normalized spacial score (nSPS) is 10.6. The predicted octanol–water partition coefficient (Wildman–Crippen LogP) is 4.11. The quantitative estimate of drug-likeness (QED) is 0.713. The van der Waals surface area contributed by atoms with Gasteiger partial charge >= 0.3 is 0 Å². The van der Waals surface area contributed by atoms with Gasteiger partial charge in [0.15, 0.2) is 11.0 Å².